The van der Waals surface area contributed by atoms with Gasteiger partial charge in [-0.2, -0.15) is 0 Å². The van der Waals surface area contributed by atoms with Gasteiger partial charge in [-0.1, -0.05) is 30.3 Å². The number of carbonyl (C=O) groups excluding carboxylic acids is 1. The average molecular weight is 342 g/mol. The van der Waals surface area contributed by atoms with Crippen LogP contribution in [0.3, 0.4) is 0 Å². The highest BCUT2D eigenvalue weighted by atomic mass is 16.5. The number of hydrogen-bond acceptors (Lipinski definition) is 4. The molecule has 0 aliphatic carbocycles. The van der Waals surface area contributed by atoms with E-state index in [4.69, 9.17) is 4.74 Å². The summed E-state index contributed by atoms with van der Waals surface area (Å²) in [4.78, 5) is 30.3. The van der Waals surface area contributed by atoms with Gasteiger partial charge >= 0.3 is 5.97 Å². The number of methoxy groups -OCH3 is 1. The number of benzene rings is 1. The fourth-order valence-electron chi connectivity index (χ4n) is 2.49. The van der Waals surface area contributed by atoms with Gasteiger partial charge in [0.15, 0.2) is 0 Å². The van der Waals surface area contributed by atoms with Crippen LogP contribution in [0.5, 0.6) is 0 Å². The minimum Gasteiger partial charge on any atom is -0.478 e. The maximum absolute atomic E-state index is 13.0. The molecule has 0 saturated heterocycles. The van der Waals surface area contributed by atoms with Crippen LogP contribution in [-0.4, -0.2) is 40.0 Å². The van der Waals surface area contributed by atoms with Crippen molar-refractivity contribution < 1.29 is 19.4 Å². The molecular formula is C19H22N2O4. The second kappa shape index (κ2) is 8.39. The van der Waals surface area contributed by atoms with Gasteiger partial charge in [-0.05, 0) is 31.0 Å². The topological polar surface area (TPSA) is 79.7 Å². The number of aromatic nitrogens is 1. The molecule has 1 heterocycles. The van der Waals surface area contributed by atoms with E-state index in [1.807, 2.05) is 44.2 Å². The van der Waals surface area contributed by atoms with Crippen molar-refractivity contribution in [3.8, 4) is 0 Å². The fourth-order valence-corrected chi connectivity index (χ4v) is 2.49. The molecule has 0 fully saturated rings. The summed E-state index contributed by atoms with van der Waals surface area (Å²) in [6.45, 7) is 4.40. The first kappa shape index (κ1) is 18.6. The molecule has 0 aliphatic heterocycles. The monoisotopic (exact) mass is 342 g/mol. The summed E-state index contributed by atoms with van der Waals surface area (Å²) in [5, 5.41) is 9.47. The van der Waals surface area contributed by atoms with E-state index in [1.165, 1.54) is 19.4 Å². The van der Waals surface area contributed by atoms with Crippen molar-refractivity contribution in [3.63, 3.8) is 0 Å². The summed E-state index contributed by atoms with van der Waals surface area (Å²) >= 11 is 0. The van der Waals surface area contributed by atoms with Crippen LogP contribution >= 0.6 is 0 Å². The van der Waals surface area contributed by atoms with Crippen molar-refractivity contribution in [2.75, 3.05) is 7.11 Å². The molecule has 2 aromatic rings. The summed E-state index contributed by atoms with van der Waals surface area (Å²) in [6.07, 6.45) is 1.48. The minimum atomic E-state index is -1.18. The fraction of sp³-hybridized carbons (Fsp3) is 0.316. The third-order valence-corrected chi connectivity index (χ3v) is 3.77. The quantitative estimate of drug-likeness (QED) is 0.837. The smallest absolute Gasteiger partial charge is 0.338 e. The molecule has 6 heteroatoms. The number of rotatable bonds is 7. The number of aromatic carboxylic acids is 1. The number of nitrogens with zero attached hydrogens (tertiary/aromatic N) is 2. The molecule has 1 aromatic carbocycles. The Balaban J connectivity index is 2.37. The van der Waals surface area contributed by atoms with Gasteiger partial charge in [0.05, 0.1) is 12.2 Å². The zero-order chi connectivity index (χ0) is 18.4. The Labute approximate surface area is 147 Å². The van der Waals surface area contributed by atoms with Crippen LogP contribution in [0.4, 0.5) is 0 Å². The van der Waals surface area contributed by atoms with Gasteiger partial charge in [-0.3, -0.25) is 4.79 Å². The van der Waals surface area contributed by atoms with Crippen molar-refractivity contribution in [1.82, 2.24) is 9.88 Å². The minimum absolute atomic E-state index is 0.0583. The molecule has 0 atom stereocenters. The second-order valence-electron chi connectivity index (χ2n) is 5.99. The summed E-state index contributed by atoms with van der Waals surface area (Å²) in [7, 11) is 1.51. The first-order valence-electron chi connectivity index (χ1n) is 8.00. The lowest BCUT2D eigenvalue weighted by Crippen LogP contribution is -2.37. The highest BCUT2D eigenvalue weighted by Gasteiger charge is 2.25. The van der Waals surface area contributed by atoms with E-state index < -0.39 is 11.9 Å². The number of hydrogen-bond donors (Lipinski definition) is 1. The van der Waals surface area contributed by atoms with E-state index in [0.717, 1.165) is 5.56 Å². The Morgan fingerprint density at radius 2 is 1.88 bits per heavy atom. The molecule has 0 bridgehead atoms. The lowest BCUT2D eigenvalue weighted by Gasteiger charge is -2.27. The number of carbonyl (C=O) groups is 2. The molecule has 0 spiro atoms. The van der Waals surface area contributed by atoms with E-state index in [9.17, 15) is 14.7 Å². The maximum atomic E-state index is 13.0. The standard InChI is InChI=1S/C19H22N2O4/c1-13(2)21(11-14-7-5-4-6-8-14)18(22)17-16(19(23)24)9-15(10-20-17)12-25-3/h4-10,13H,11-12H2,1-3H3,(H,23,24). The first-order valence-corrected chi connectivity index (χ1v) is 8.00. The van der Waals surface area contributed by atoms with E-state index >= 15 is 0 Å². The molecule has 132 valence electrons. The zero-order valence-corrected chi connectivity index (χ0v) is 14.6. The van der Waals surface area contributed by atoms with Gasteiger partial charge in [0.1, 0.15) is 5.69 Å². The van der Waals surface area contributed by atoms with Gasteiger partial charge in [0, 0.05) is 25.9 Å². The molecule has 0 unspecified atom stereocenters. The zero-order valence-electron chi connectivity index (χ0n) is 14.6. The van der Waals surface area contributed by atoms with E-state index in [2.05, 4.69) is 4.98 Å². The van der Waals surface area contributed by atoms with Crippen molar-refractivity contribution in [1.29, 1.82) is 0 Å². The second-order valence-corrected chi connectivity index (χ2v) is 5.99. The first-order chi connectivity index (χ1) is 11.9. The Kier molecular flexibility index (Phi) is 6.25. The Hall–Kier alpha value is -2.73. The molecule has 0 radical (unpaired) electrons. The molecule has 0 aliphatic rings. The van der Waals surface area contributed by atoms with Crippen molar-refractivity contribution in [2.45, 2.75) is 33.0 Å². The summed E-state index contributed by atoms with van der Waals surface area (Å²) in [5.74, 6) is -1.59. The van der Waals surface area contributed by atoms with E-state index in [1.54, 1.807) is 4.90 Å². The van der Waals surface area contributed by atoms with Crippen molar-refractivity contribution in [2.24, 2.45) is 0 Å². The number of pyridine rings is 1. The van der Waals surface area contributed by atoms with Crippen molar-refractivity contribution >= 4 is 11.9 Å². The van der Waals surface area contributed by atoms with Gasteiger partial charge in [-0.25, -0.2) is 9.78 Å². The Morgan fingerprint density at radius 3 is 2.44 bits per heavy atom. The number of ether oxygens (including phenoxy) is 1. The van der Waals surface area contributed by atoms with Crippen LogP contribution in [-0.2, 0) is 17.9 Å². The highest BCUT2D eigenvalue weighted by Crippen LogP contribution is 2.17. The molecule has 1 N–H and O–H groups in total. The Bertz CT molecular complexity index is 744. The molecule has 1 amide bonds. The van der Waals surface area contributed by atoms with Gasteiger partial charge in [0.2, 0.25) is 0 Å². The predicted molar refractivity (Wildman–Crippen MR) is 93.4 cm³/mol. The summed E-state index contributed by atoms with van der Waals surface area (Å²) in [5.41, 5.74) is 1.41. The van der Waals surface area contributed by atoms with Crippen molar-refractivity contribution in [3.05, 3.63) is 65.0 Å². The van der Waals surface area contributed by atoms with E-state index in [-0.39, 0.29) is 23.9 Å². The SMILES string of the molecule is COCc1cnc(C(=O)N(Cc2ccccc2)C(C)C)c(C(=O)O)c1. The summed E-state index contributed by atoms with van der Waals surface area (Å²) < 4.78 is 5.00. The molecule has 25 heavy (non-hydrogen) atoms. The Morgan fingerprint density at radius 1 is 1.20 bits per heavy atom. The van der Waals surface area contributed by atoms with Crippen LogP contribution in [0.2, 0.25) is 0 Å². The van der Waals surface area contributed by atoms with Gasteiger partial charge < -0.3 is 14.7 Å². The molecule has 1 aromatic heterocycles. The number of amides is 1. The van der Waals surface area contributed by atoms with Crippen LogP contribution in [0.1, 0.15) is 45.8 Å². The lowest BCUT2D eigenvalue weighted by atomic mass is 10.1. The largest absolute Gasteiger partial charge is 0.478 e. The molecule has 6 nitrogen and oxygen atoms in total. The van der Waals surface area contributed by atoms with E-state index in [0.29, 0.717) is 12.1 Å². The van der Waals surface area contributed by atoms with Crippen LogP contribution in [0, 0.1) is 0 Å². The molecular weight excluding hydrogens is 320 g/mol. The maximum Gasteiger partial charge on any atom is 0.338 e. The third kappa shape index (κ3) is 4.64. The predicted octanol–water partition coefficient (Wildman–Crippen LogP) is 2.98. The summed E-state index contributed by atoms with van der Waals surface area (Å²) in [6, 6.07) is 10.9. The molecule has 0 saturated carbocycles. The third-order valence-electron chi connectivity index (χ3n) is 3.77. The van der Waals surface area contributed by atoms with Crippen LogP contribution in [0.15, 0.2) is 42.6 Å². The van der Waals surface area contributed by atoms with Gasteiger partial charge in [0.25, 0.3) is 5.91 Å². The lowest BCUT2D eigenvalue weighted by molar-refractivity contribution is 0.0644. The number of carboxylic acid groups (broad SMARTS) is 1. The van der Waals surface area contributed by atoms with Crippen LogP contribution in [0.25, 0.3) is 0 Å². The van der Waals surface area contributed by atoms with Crippen LogP contribution < -0.4 is 0 Å². The normalized spacial score (nSPS) is 10.7. The number of carboxylic acids is 1. The molecule has 2 rings (SSSR count). The highest BCUT2D eigenvalue weighted by molar-refractivity contribution is 6.03. The average Bonchev–Trinajstić information content (AvgIpc) is 2.60. The van der Waals surface area contributed by atoms with Gasteiger partial charge in [-0.15, -0.1) is 0 Å².